The maximum atomic E-state index is 6.09. The maximum absolute atomic E-state index is 6.09. The van der Waals surface area contributed by atoms with E-state index in [2.05, 4.69) is 33.2 Å². The van der Waals surface area contributed by atoms with Crippen LogP contribution in [-0.2, 0) is 6.54 Å². The van der Waals surface area contributed by atoms with Crippen molar-refractivity contribution in [3.05, 3.63) is 33.6 Å². The first-order chi connectivity index (χ1) is 8.20. The lowest BCUT2D eigenvalue weighted by atomic mass is 10.4. The van der Waals surface area contributed by atoms with Gasteiger partial charge in [-0.05, 0) is 18.4 Å². The van der Waals surface area contributed by atoms with Crippen LogP contribution < -0.4 is 10.6 Å². The van der Waals surface area contributed by atoms with Crippen molar-refractivity contribution in [3.63, 3.8) is 0 Å². The Bertz CT molecular complexity index is 486. The van der Waals surface area contributed by atoms with Crippen LogP contribution in [0.15, 0.2) is 23.7 Å². The second kappa shape index (κ2) is 5.33. The summed E-state index contributed by atoms with van der Waals surface area (Å²) in [5.74, 6) is 0.934. The Hall–Kier alpha value is -1.33. The van der Waals surface area contributed by atoms with Gasteiger partial charge < -0.3 is 10.6 Å². The van der Waals surface area contributed by atoms with E-state index < -0.39 is 0 Å². The first kappa shape index (κ1) is 12.1. The SMILES string of the molecule is CCN(Cc1cccs1)c1nc(N)ncc1Cl. The minimum Gasteiger partial charge on any atom is -0.368 e. The lowest BCUT2D eigenvalue weighted by Crippen LogP contribution is -2.23. The van der Waals surface area contributed by atoms with Crippen molar-refractivity contribution in [1.29, 1.82) is 0 Å². The van der Waals surface area contributed by atoms with Crippen LogP contribution >= 0.6 is 22.9 Å². The fraction of sp³-hybridized carbons (Fsp3) is 0.273. The molecule has 0 bridgehead atoms. The van der Waals surface area contributed by atoms with Crippen molar-refractivity contribution in [3.8, 4) is 0 Å². The van der Waals surface area contributed by atoms with Gasteiger partial charge in [-0.3, -0.25) is 0 Å². The smallest absolute Gasteiger partial charge is 0.222 e. The molecular weight excluding hydrogens is 256 g/mol. The molecule has 0 saturated heterocycles. The zero-order chi connectivity index (χ0) is 12.3. The van der Waals surface area contributed by atoms with Crippen LogP contribution in [0, 0.1) is 0 Å². The average Bonchev–Trinajstić information content (AvgIpc) is 2.82. The quantitative estimate of drug-likeness (QED) is 0.926. The Balaban J connectivity index is 2.25. The largest absolute Gasteiger partial charge is 0.368 e. The van der Waals surface area contributed by atoms with Crippen LogP contribution in [0.2, 0.25) is 5.02 Å². The number of nitrogens with two attached hydrogens (primary N) is 1. The normalized spacial score (nSPS) is 10.5. The van der Waals surface area contributed by atoms with Crippen molar-refractivity contribution >= 4 is 34.7 Å². The Kier molecular flexibility index (Phi) is 3.81. The van der Waals surface area contributed by atoms with Crippen LogP contribution in [0.25, 0.3) is 0 Å². The van der Waals surface area contributed by atoms with Gasteiger partial charge in [-0.1, -0.05) is 17.7 Å². The van der Waals surface area contributed by atoms with Gasteiger partial charge in [-0.25, -0.2) is 4.98 Å². The lowest BCUT2D eigenvalue weighted by Gasteiger charge is -2.22. The van der Waals surface area contributed by atoms with Gasteiger partial charge in [0.1, 0.15) is 5.02 Å². The minimum atomic E-state index is 0.244. The molecule has 2 aromatic heterocycles. The Morgan fingerprint density at radius 1 is 1.53 bits per heavy atom. The number of nitrogens with zero attached hydrogens (tertiary/aromatic N) is 3. The number of rotatable bonds is 4. The monoisotopic (exact) mass is 268 g/mol. The number of aromatic nitrogens is 2. The molecule has 0 aliphatic carbocycles. The molecule has 0 aliphatic rings. The summed E-state index contributed by atoms with van der Waals surface area (Å²) in [5.41, 5.74) is 5.59. The molecule has 0 amide bonds. The van der Waals surface area contributed by atoms with Crippen LogP contribution in [0.4, 0.5) is 11.8 Å². The van der Waals surface area contributed by atoms with E-state index >= 15 is 0 Å². The molecule has 4 nitrogen and oxygen atoms in total. The summed E-state index contributed by atoms with van der Waals surface area (Å²) in [6.07, 6.45) is 1.54. The minimum absolute atomic E-state index is 0.244. The van der Waals surface area contributed by atoms with E-state index in [4.69, 9.17) is 17.3 Å². The van der Waals surface area contributed by atoms with E-state index in [0.29, 0.717) is 10.8 Å². The van der Waals surface area contributed by atoms with E-state index in [9.17, 15) is 0 Å². The number of nitrogen functional groups attached to an aromatic ring is 1. The summed E-state index contributed by atoms with van der Waals surface area (Å²) >= 11 is 7.80. The molecule has 0 unspecified atom stereocenters. The molecule has 2 rings (SSSR count). The molecular formula is C11H13ClN4S. The van der Waals surface area contributed by atoms with Gasteiger partial charge in [0, 0.05) is 11.4 Å². The third-order valence-corrected chi connectivity index (χ3v) is 3.48. The fourth-order valence-corrected chi connectivity index (χ4v) is 2.45. The van der Waals surface area contributed by atoms with Gasteiger partial charge in [0.25, 0.3) is 0 Å². The zero-order valence-electron chi connectivity index (χ0n) is 9.43. The number of hydrogen-bond acceptors (Lipinski definition) is 5. The second-order valence-electron chi connectivity index (χ2n) is 3.49. The molecule has 0 aliphatic heterocycles. The topological polar surface area (TPSA) is 55.0 Å². The van der Waals surface area contributed by atoms with Gasteiger partial charge in [0.05, 0.1) is 12.7 Å². The third kappa shape index (κ3) is 2.87. The molecule has 2 aromatic rings. The molecule has 0 fully saturated rings. The summed E-state index contributed by atoms with van der Waals surface area (Å²) in [7, 11) is 0. The predicted octanol–water partition coefficient (Wildman–Crippen LogP) is 2.80. The highest BCUT2D eigenvalue weighted by Crippen LogP contribution is 2.25. The molecule has 2 N–H and O–H groups in total. The van der Waals surface area contributed by atoms with Crippen molar-refractivity contribution in [2.45, 2.75) is 13.5 Å². The van der Waals surface area contributed by atoms with E-state index in [-0.39, 0.29) is 5.95 Å². The van der Waals surface area contributed by atoms with Gasteiger partial charge in [-0.15, -0.1) is 11.3 Å². The van der Waals surface area contributed by atoms with Gasteiger partial charge in [0.2, 0.25) is 5.95 Å². The van der Waals surface area contributed by atoms with Crippen molar-refractivity contribution < 1.29 is 0 Å². The molecule has 0 spiro atoms. The van der Waals surface area contributed by atoms with E-state index in [1.165, 1.54) is 11.1 Å². The Morgan fingerprint density at radius 3 is 3.00 bits per heavy atom. The van der Waals surface area contributed by atoms with Crippen LogP contribution in [0.5, 0.6) is 0 Å². The fourth-order valence-electron chi connectivity index (χ4n) is 1.52. The Morgan fingerprint density at radius 2 is 2.35 bits per heavy atom. The summed E-state index contributed by atoms with van der Waals surface area (Å²) in [5, 5.41) is 2.58. The maximum Gasteiger partial charge on any atom is 0.222 e. The Labute approximate surface area is 109 Å². The van der Waals surface area contributed by atoms with Gasteiger partial charge in [-0.2, -0.15) is 4.98 Å². The van der Waals surface area contributed by atoms with Crippen molar-refractivity contribution in [2.24, 2.45) is 0 Å². The zero-order valence-corrected chi connectivity index (χ0v) is 11.0. The average molecular weight is 269 g/mol. The van der Waals surface area contributed by atoms with Crippen LogP contribution in [0.3, 0.4) is 0 Å². The molecule has 2 heterocycles. The first-order valence-electron chi connectivity index (χ1n) is 5.26. The van der Waals surface area contributed by atoms with Gasteiger partial charge >= 0.3 is 0 Å². The molecule has 90 valence electrons. The summed E-state index contributed by atoms with van der Waals surface area (Å²) in [6, 6.07) is 4.12. The number of hydrogen-bond donors (Lipinski definition) is 1. The van der Waals surface area contributed by atoms with E-state index in [1.54, 1.807) is 11.3 Å². The molecule has 0 aromatic carbocycles. The van der Waals surface area contributed by atoms with Crippen LogP contribution in [-0.4, -0.2) is 16.5 Å². The summed E-state index contributed by atoms with van der Waals surface area (Å²) in [6.45, 7) is 3.65. The van der Waals surface area contributed by atoms with Crippen LogP contribution in [0.1, 0.15) is 11.8 Å². The van der Waals surface area contributed by atoms with E-state index in [0.717, 1.165) is 13.1 Å². The molecule has 0 radical (unpaired) electrons. The number of halogens is 1. The van der Waals surface area contributed by atoms with Gasteiger partial charge in [0.15, 0.2) is 5.82 Å². The summed E-state index contributed by atoms with van der Waals surface area (Å²) < 4.78 is 0. The summed E-state index contributed by atoms with van der Waals surface area (Å²) in [4.78, 5) is 11.4. The number of anilines is 2. The molecule has 0 saturated carbocycles. The highest BCUT2D eigenvalue weighted by molar-refractivity contribution is 7.09. The highest BCUT2D eigenvalue weighted by atomic mass is 35.5. The molecule has 17 heavy (non-hydrogen) atoms. The lowest BCUT2D eigenvalue weighted by molar-refractivity contribution is 0.821. The highest BCUT2D eigenvalue weighted by Gasteiger charge is 2.12. The van der Waals surface area contributed by atoms with E-state index in [1.807, 2.05) is 6.07 Å². The second-order valence-corrected chi connectivity index (χ2v) is 4.93. The first-order valence-corrected chi connectivity index (χ1v) is 6.51. The standard InChI is InChI=1S/C11H13ClN4S/c1-2-16(7-8-4-3-5-17-8)10-9(12)6-14-11(13)15-10/h3-6H,2,7H2,1H3,(H2,13,14,15). The van der Waals surface area contributed by atoms with Crippen molar-refractivity contribution in [1.82, 2.24) is 9.97 Å². The predicted molar refractivity (Wildman–Crippen MR) is 72.5 cm³/mol. The molecule has 0 atom stereocenters. The third-order valence-electron chi connectivity index (χ3n) is 2.35. The number of thiophene rings is 1. The molecule has 6 heteroatoms. The van der Waals surface area contributed by atoms with Crippen molar-refractivity contribution in [2.75, 3.05) is 17.2 Å².